The molecule has 4 rings (SSSR count). The van der Waals surface area contributed by atoms with Crippen molar-refractivity contribution in [3.05, 3.63) is 78.6 Å². The number of rotatable bonds is 8. The highest BCUT2D eigenvalue weighted by Crippen LogP contribution is 2.28. The van der Waals surface area contributed by atoms with Gasteiger partial charge in [0.25, 0.3) is 5.91 Å². The Morgan fingerprint density at radius 2 is 1.91 bits per heavy atom. The maximum Gasteiger partial charge on any atom is 0.250 e. The van der Waals surface area contributed by atoms with Gasteiger partial charge in [-0.05, 0) is 36.4 Å². The van der Waals surface area contributed by atoms with Gasteiger partial charge in [0.2, 0.25) is 0 Å². The molecule has 0 aliphatic rings. The van der Waals surface area contributed by atoms with Gasteiger partial charge in [-0.2, -0.15) is 5.10 Å². The van der Waals surface area contributed by atoms with Gasteiger partial charge >= 0.3 is 0 Å². The number of phenolic OH excluding ortho intramolecular Hbond substituents is 1. The van der Waals surface area contributed by atoms with Crippen molar-refractivity contribution in [1.29, 1.82) is 0 Å². The molecule has 33 heavy (non-hydrogen) atoms. The summed E-state index contributed by atoms with van der Waals surface area (Å²) in [6.45, 7) is 0. The van der Waals surface area contributed by atoms with Crippen LogP contribution in [0.15, 0.2) is 83.3 Å². The summed E-state index contributed by atoms with van der Waals surface area (Å²) < 4.78 is 6.95. The number of nitrogens with zero attached hydrogens (tertiary/aromatic N) is 5. The topological polar surface area (TPSA) is 115 Å². The van der Waals surface area contributed by atoms with Gasteiger partial charge in [-0.1, -0.05) is 36.0 Å². The number of carbonyl (C=O) groups excluding carboxylic acids is 1. The highest BCUT2D eigenvalue weighted by atomic mass is 32.2. The fraction of sp³-hybridized carbons (Fsp3) is 0.0870. The van der Waals surface area contributed by atoms with Gasteiger partial charge in [0.1, 0.15) is 0 Å². The molecule has 2 aromatic carbocycles. The Bertz CT molecular complexity index is 1260. The van der Waals surface area contributed by atoms with Gasteiger partial charge in [-0.15, -0.1) is 10.2 Å². The number of hydrogen-bond donors (Lipinski definition) is 2. The number of aromatic hydroxyl groups is 1. The SMILES string of the molecule is COc1cccc(/C=N/NC(=O)CSc2nnc(-c3ccncc3)n2-c2ccccc2)c1O. The second-order valence-corrected chi connectivity index (χ2v) is 7.64. The van der Waals surface area contributed by atoms with Crippen LogP contribution in [0.5, 0.6) is 11.5 Å². The van der Waals surface area contributed by atoms with Crippen LogP contribution in [0.2, 0.25) is 0 Å². The molecule has 10 heteroatoms. The Morgan fingerprint density at radius 1 is 1.12 bits per heavy atom. The highest BCUT2D eigenvalue weighted by molar-refractivity contribution is 7.99. The molecule has 0 saturated carbocycles. The van der Waals surface area contributed by atoms with Crippen molar-refractivity contribution in [3.63, 3.8) is 0 Å². The summed E-state index contributed by atoms with van der Waals surface area (Å²) in [5.74, 6) is 0.672. The van der Waals surface area contributed by atoms with Crippen molar-refractivity contribution in [1.82, 2.24) is 25.2 Å². The lowest BCUT2D eigenvalue weighted by molar-refractivity contribution is -0.118. The molecular formula is C23H20N6O3S. The number of phenols is 1. The van der Waals surface area contributed by atoms with Crippen LogP contribution >= 0.6 is 11.8 Å². The molecule has 2 heterocycles. The molecule has 0 radical (unpaired) electrons. The van der Waals surface area contributed by atoms with E-state index in [9.17, 15) is 9.90 Å². The summed E-state index contributed by atoms with van der Waals surface area (Å²) in [4.78, 5) is 16.4. The first-order valence-electron chi connectivity index (χ1n) is 9.89. The highest BCUT2D eigenvalue weighted by Gasteiger charge is 2.17. The molecular weight excluding hydrogens is 440 g/mol. The molecule has 166 valence electrons. The lowest BCUT2D eigenvalue weighted by Crippen LogP contribution is -2.20. The zero-order valence-electron chi connectivity index (χ0n) is 17.6. The van der Waals surface area contributed by atoms with E-state index in [1.807, 2.05) is 47.0 Å². The van der Waals surface area contributed by atoms with E-state index in [1.54, 1.807) is 30.6 Å². The zero-order chi connectivity index (χ0) is 23.0. The third kappa shape index (κ3) is 5.18. The average molecular weight is 461 g/mol. The molecule has 0 aliphatic carbocycles. The zero-order valence-corrected chi connectivity index (χ0v) is 18.4. The fourth-order valence-corrected chi connectivity index (χ4v) is 3.75. The molecule has 4 aromatic rings. The largest absolute Gasteiger partial charge is 0.504 e. The number of benzene rings is 2. The Balaban J connectivity index is 1.47. The van der Waals surface area contributed by atoms with Crippen LogP contribution in [-0.2, 0) is 4.79 Å². The summed E-state index contributed by atoms with van der Waals surface area (Å²) in [6.07, 6.45) is 4.74. The summed E-state index contributed by atoms with van der Waals surface area (Å²) >= 11 is 1.24. The quantitative estimate of drug-likeness (QED) is 0.236. The van der Waals surface area contributed by atoms with Gasteiger partial charge < -0.3 is 9.84 Å². The molecule has 0 aliphatic heterocycles. The number of para-hydroxylation sites is 2. The second kappa shape index (κ2) is 10.4. The number of thioether (sulfide) groups is 1. The normalized spacial score (nSPS) is 10.9. The summed E-state index contributed by atoms with van der Waals surface area (Å²) in [6, 6.07) is 18.4. The lowest BCUT2D eigenvalue weighted by atomic mass is 10.2. The van der Waals surface area contributed by atoms with Crippen molar-refractivity contribution in [2.24, 2.45) is 5.10 Å². The first-order valence-corrected chi connectivity index (χ1v) is 10.9. The second-order valence-electron chi connectivity index (χ2n) is 6.69. The van der Waals surface area contributed by atoms with E-state index in [2.05, 4.69) is 25.7 Å². The third-order valence-corrected chi connectivity index (χ3v) is 5.49. The Hall–Kier alpha value is -4.18. The van der Waals surface area contributed by atoms with Crippen molar-refractivity contribution in [2.75, 3.05) is 12.9 Å². The molecule has 0 atom stereocenters. The van der Waals surface area contributed by atoms with E-state index in [-0.39, 0.29) is 17.4 Å². The van der Waals surface area contributed by atoms with E-state index >= 15 is 0 Å². The van der Waals surface area contributed by atoms with Crippen molar-refractivity contribution in [2.45, 2.75) is 5.16 Å². The summed E-state index contributed by atoms with van der Waals surface area (Å²) in [5.41, 5.74) is 4.62. The molecule has 0 bridgehead atoms. The molecule has 9 nitrogen and oxygen atoms in total. The van der Waals surface area contributed by atoms with Crippen LogP contribution in [0.1, 0.15) is 5.56 Å². The minimum atomic E-state index is -0.327. The molecule has 0 spiro atoms. The van der Waals surface area contributed by atoms with Gasteiger partial charge in [0.15, 0.2) is 22.5 Å². The van der Waals surface area contributed by atoms with E-state index in [0.29, 0.717) is 22.3 Å². The third-order valence-electron chi connectivity index (χ3n) is 4.56. The number of methoxy groups -OCH3 is 1. The molecule has 1 amide bonds. The number of pyridine rings is 1. The first-order chi connectivity index (χ1) is 16.2. The number of ether oxygens (including phenoxy) is 1. The smallest absolute Gasteiger partial charge is 0.250 e. The van der Waals surface area contributed by atoms with Crippen molar-refractivity contribution < 1.29 is 14.6 Å². The summed E-state index contributed by atoms with van der Waals surface area (Å²) in [5, 5.41) is 23.2. The minimum absolute atomic E-state index is 0.0491. The van der Waals surface area contributed by atoms with Crippen LogP contribution in [-0.4, -0.2) is 49.8 Å². The lowest BCUT2D eigenvalue weighted by Gasteiger charge is -2.10. The molecule has 2 aromatic heterocycles. The Morgan fingerprint density at radius 3 is 2.67 bits per heavy atom. The maximum atomic E-state index is 12.3. The van der Waals surface area contributed by atoms with E-state index < -0.39 is 0 Å². The van der Waals surface area contributed by atoms with Gasteiger partial charge in [0.05, 0.1) is 19.1 Å². The Labute approximate surface area is 194 Å². The molecule has 0 saturated heterocycles. The monoisotopic (exact) mass is 460 g/mol. The Kier molecular flexibility index (Phi) is 6.96. The van der Waals surface area contributed by atoms with E-state index in [0.717, 1.165) is 11.3 Å². The van der Waals surface area contributed by atoms with Crippen molar-refractivity contribution >= 4 is 23.9 Å². The number of aromatic nitrogens is 4. The number of hydrogen-bond acceptors (Lipinski definition) is 8. The standard InChI is InChI=1S/C23H20N6O3S/c1-32-19-9-5-6-17(21(19)31)14-25-26-20(30)15-33-23-28-27-22(16-10-12-24-13-11-16)29(23)18-7-3-2-4-8-18/h2-14,31H,15H2,1H3,(H,26,30)/b25-14+. The van der Waals surface area contributed by atoms with Gasteiger partial charge in [0, 0.05) is 29.2 Å². The van der Waals surface area contributed by atoms with Gasteiger partial charge in [-0.3, -0.25) is 14.3 Å². The maximum absolute atomic E-state index is 12.3. The number of amides is 1. The van der Waals surface area contributed by atoms with Crippen LogP contribution in [0.25, 0.3) is 17.1 Å². The van der Waals surface area contributed by atoms with E-state index in [4.69, 9.17) is 4.74 Å². The predicted octanol–water partition coefficient (Wildman–Crippen LogP) is 3.29. The predicted molar refractivity (Wildman–Crippen MR) is 126 cm³/mol. The average Bonchev–Trinajstić information content (AvgIpc) is 3.29. The number of carbonyl (C=O) groups is 1. The van der Waals surface area contributed by atoms with E-state index in [1.165, 1.54) is 25.1 Å². The molecule has 0 fully saturated rings. The van der Waals surface area contributed by atoms with Crippen LogP contribution in [0, 0.1) is 0 Å². The first kappa shape index (κ1) is 22.0. The van der Waals surface area contributed by atoms with Crippen LogP contribution < -0.4 is 10.2 Å². The van der Waals surface area contributed by atoms with Crippen LogP contribution in [0.3, 0.4) is 0 Å². The summed E-state index contributed by atoms with van der Waals surface area (Å²) in [7, 11) is 1.46. The molecule has 0 unspecified atom stereocenters. The minimum Gasteiger partial charge on any atom is -0.504 e. The molecule has 2 N–H and O–H groups in total. The van der Waals surface area contributed by atoms with Gasteiger partial charge in [-0.25, -0.2) is 5.43 Å². The van der Waals surface area contributed by atoms with Crippen molar-refractivity contribution in [3.8, 4) is 28.6 Å². The van der Waals surface area contributed by atoms with Crippen LogP contribution in [0.4, 0.5) is 0 Å². The number of hydrazone groups is 1. The fourth-order valence-electron chi connectivity index (χ4n) is 3.01. The number of nitrogens with one attached hydrogen (secondary N) is 1.